The lowest BCUT2D eigenvalue weighted by Gasteiger charge is -2.28. The van der Waals surface area contributed by atoms with E-state index in [1.807, 2.05) is 0 Å². The van der Waals surface area contributed by atoms with Crippen LogP contribution in [-0.2, 0) is 28.8 Å². The quantitative estimate of drug-likeness (QED) is 0.196. The van der Waals surface area contributed by atoms with E-state index < -0.39 is 72.6 Å². The van der Waals surface area contributed by atoms with Crippen molar-refractivity contribution in [2.45, 2.75) is 70.1 Å². The number of amides is 3. The highest BCUT2D eigenvalue weighted by molar-refractivity contribution is 5.96. The smallest absolute Gasteiger partial charge is 0.326 e. The molecule has 1 fully saturated rings. The first kappa shape index (κ1) is 26.8. The van der Waals surface area contributed by atoms with Gasteiger partial charge in [0.15, 0.2) is 0 Å². The van der Waals surface area contributed by atoms with Crippen molar-refractivity contribution in [1.82, 2.24) is 15.5 Å². The summed E-state index contributed by atoms with van der Waals surface area (Å²) < 4.78 is 0. The minimum atomic E-state index is -1.59. The third kappa shape index (κ3) is 7.80. The van der Waals surface area contributed by atoms with Gasteiger partial charge in [0, 0.05) is 13.0 Å². The lowest BCUT2D eigenvalue weighted by atomic mass is 10.0. The van der Waals surface area contributed by atoms with Crippen molar-refractivity contribution in [2.24, 2.45) is 11.7 Å². The second kappa shape index (κ2) is 12.0. The Bertz CT molecular complexity index is 755. The number of carboxylic acids is 3. The van der Waals surface area contributed by atoms with Gasteiger partial charge < -0.3 is 36.6 Å². The molecule has 13 nitrogen and oxygen atoms in total. The molecule has 1 rings (SSSR count). The van der Waals surface area contributed by atoms with E-state index in [9.17, 15) is 33.9 Å². The number of nitrogens with zero attached hydrogens (tertiary/aromatic N) is 1. The Morgan fingerprint density at radius 2 is 1.56 bits per heavy atom. The van der Waals surface area contributed by atoms with E-state index >= 15 is 0 Å². The standard InChI is InChI=1S/C19H30N4O9/c1-9(2)15(20)17(29)21-10(5-6-13(24)25)16(28)22-11(8-14(26)27)18(30)23-7-3-4-12(23)19(31)32/h9-12,15H,3-8,20H2,1-2H3,(H,21,29)(H,22,28)(H,24,25)(H,26,27)(H,31,32). The number of rotatable bonds is 12. The Labute approximate surface area is 184 Å². The Balaban J connectivity index is 3.04. The van der Waals surface area contributed by atoms with E-state index in [0.717, 1.165) is 4.90 Å². The fraction of sp³-hybridized carbons (Fsp3) is 0.684. The van der Waals surface area contributed by atoms with Crippen molar-refractivity contribution in [3.8, 4) is 0 Å². The predicted octanol–water partition coefficient (Wildman–Crippen LogP) is -1.65. The van der Waals surface area contributed by atoms with Crippen molar-refractivity contribution in [3.63, 3.8) is 0 Å². The average Bonchev–Trinajstić information content (AvgIpc) is 3.18. The molecule has 0 spiro atoms. The lowest BCUT2D eigenvalue weighted by Crippen LogP contribution is -2.58. The van der Waals surface area contributed by atoms with Crippen LogP contribution in [0, 0.1) is 5.92 Å². The average molecular weight is 458 g/mol. The summed E-state index contributed by atoms with van der Waals surface area (Å²) in [6.07, 6.45) is -1.04. The van der Waals surface area contributed by atoms with Gasteiger partial charge in [-0.05, 0) is 25.2 Å². The van der Waals surface area contributed by atoms with E-state index in [0.29, 0.717) is 6.42 Å². The molecule has 3 amide bonds. The van der Waals surface area contributed by atoms with E-state index in [4.69, 9.17) is 15.9 Å². The summed E-state index contributed by atoms with van der Waals surface area (Å²) in [5.41, 5.74) is 5.75. The van der Waals surface area contributed by atoms with Crippen LogP contribution in [0.2, 0.25) is 0 Å². The number of nitrogens with one attached hydrogen (secondary N) is 2. The van der Waals surface area contributed by atoms with Crippen molar-refractivity contribution in [1.29, 1.82) is 0 Å². The van der Waals surface area contributed by atoms with Crippen LogP contribution in [0.25, 0.3) is 0 Å². The Morgan fingerprint density at radius 3 is 2.06 bits per heavy atom. The minimum absolute atomic E-state index is 0.0875. The molecule has 0 radical (unpaired) electrons. The Kier molecular flexibility index (Phi) is 10.0. The van der Waals surface area contributed by atoms with Gasteiger partial charge in [-0.15, -0.1) is 0 Å². The molecule has 0 aromatic carbocycles. The molecule has 0 aromatic rings. The van der Waals surface area contributed by atoms with E-state index in [-0.39, 0.29) is 25.3 Å². The highest BCUT2D eigenvalue weighted by Gasteiger charge is 2.39. The number of hydrogen-bond acceptors (Lipinski definition) is 7. The van der Waals surface area contributed by atoms with E-state index in [1.54, 1.807) is 13.8 Å². The van der Waals surface area contributed by atoms with Crippen molar-refractivity contribution >= 4 is 35.6 Å². The zero-order valence-corrected chi connectivity index (χ0v) is 17.9. The van der Waals surface area contributed by atoms with Crippen LogP contribution in [0.15, 0.2) is 0 Å². The summed E-state index contributed by atoms with van der Waals surface area (Å²) in [5, 5.41) is 31.9. The first-order chi connectivity index (χ1) is 14.8. The van der Waals surface area contributed by atoms with Crippen LogP contribution >= 0.6 is 0 Å². The number of nitrogens with two attached hydrogens (primary N) is 1. The van der Waals surface area contributed by atoms with Gasteiger partial charge in [0.25, 0.3) is 0 Å². The predicted molar refractivity (Wildman–Crippen MR) is 108 cm³/mol. The molecule has 7 N–H and O–H groups in total. The second-order valence-electron chi connectivity index (χ2n) is 7.95. The summed E-state index contributed by atoms with van der Waals surface area (Å²) >= 11 is 0. The highest BCUT2D eigenvalue weighted by atomic mass is 16.4. The van der Waals surface area contributed by atoms with E-state index in [2.05, 4.69) is 10.6 Å². The summed E-state index contributed by atoms with van der Waals surface area (Å²) in [5.74, 6) is -6.73. The van der Waals surface area contributed by atoms with Crippen LogP contribution in [0.4, 0.5) is 0 Å². The third-order valence-electron chi connectivity index (χ3n) is 5.12. The first-order valence-electron chi connectivity index (χ1n) is 10.2. The maximum absolute atomic E-state index is 12.8. The number of carbonyl (C=O) groups excluding carboxylic acids is 3. The molecule has 1 aliphatic rings. The SMILES string of the molecule is CC(C)C(N)C(=O)NC(CCC(=O)O)C(=O)NC(CC(=O)O)C(=O)N1CCCC1C(=O)O. The van der Waals surface area contributed by atoms with Crippen molar-refractivity contribution in [2.75, 3.05) is 6.54 Å². The number of carboxylic acid groups (broad SMARTS) is 3. The zero-order chi connectivity index (χ0) is 24.6. The molecule has 180 valence electrons. The van der Waals surface area contributed by atoms with Gasteiger partial charge in [0.2, 0.25) is 17.7 Å². The van der Waals surface area contributed by atoms with Crippen LogP contribution in [0.1, 0.15) is 46.0 Å². The zero-order valence-electron chi connectivity index (χ0n) is 17.9. The molecule has 1 aliphatic heterocycles. The van der Waals surface area contributed by atoms with Gasteiger partial charge in [0.1, 0.15) is 18.1 Å². The third-order valence-corrected chi connectivity index (χ3v) is 5.12. The first-order valence-corrected chi connectivity index (χ1v) is 10.2. The normalized spacial score (nSPS) is 18.5. The Hall–Kier alpha value is -3.22. The van der Waals surface area contributed by atoms with Gasteiger partial charge in [-0.1, -0.05) is 13.8 Å². The largest absolute Gasteiger partial charge is 0.481 e. The fourth-order valence-corrected chi connectivity index (χ4v) is 3.24. The minimum Gasteiger partial charge on any atom is -0.481 e. The molecule has 1 saturated heterocycles. The molecule has 1 heterocycles. The number of aliphatic carboxylic acids is 3. The van der Waals surface area contributed by atoms with Gasteiger partial charge in [0.05, 0.1) is 12.5 Å². The maximum atomic E-state index is 12.8. The van der Waals surface area contributed by atoms with Crippen LogP contribution < -0.4 is 16.4 Å². The van der Waals surface area contributed by atoms with Crippen molar-refractivity contribution in [3.05, 3.63) is 0 Å². The van der Waals surface area contributed by atoms with Gasteiger partial charge >= 0.3 is 17.9 Å². The van der Waals surface area contributed by atoms with Gasteiger partial charge in [-0.2, -0.15) is 0 Å². The lowest BCUT2D eigenvalue weighted by molar-refractivity contribution is -0.150. The van der Waals surface area contributed by atoms with Crippen LogP contribution in [-0.4, -0.2) is 86.6 Å². The number of likely N-dealkylation sites (tertiary alicyclic amines) is 1. The molecule has 13 heteroatoms. The molecule has 0 saturated carbocycles. The Morgan fingerprint density at radius 1 is 0.969 bits per heavy atom. The van der Waals surface area contributed by atoms with Gasteiger partial charge in [-0.3, -0.25) is 24.0 Å². The molecule has 0 bridgehead atoms. The maximum Gasteiger partial charge on any atom is 0.326 e. The molecule has 32 heavy (non-hydrogen) atoms. The molecule has 0 aromatic heterocycles. The molecular weight excluding hydrogens is 428 g/mol. The number of carbonyl (C=O) groups is 6. The van der Waals surface area contributed by atoms with Crippen LogP contribution in [0.3, 0.4) is 0 Å². The monoisotopic (exact) mass is 458 g/mol. The summed E-state index contributed by atoms with van der Waals surface area (Å²) in [6, 6.07) is -5.10. The molecule has 4 unspecified atom stereocenters. The highest BCUT2D eigenvalue weighted by Crippen LogP contribution is 2.19. The number of hydrogen-bond donors (Lipinski definition) is 6. The molecule has 4 atom stereocenters. The van der Waals surface area contributed by atoms with Crippen LogP contribution in [0.5, 0.6) is 0 Å². The molecular formula is C19H30N4O9. The second-order valence-corrected chi connectivity index (χ2v) is 7.95. The van der Waals surface area contributed by atoms with Gasteiger partial charge in [-0.25, -0.2) is 4.79 Å². The summed E-state index contributed by atoms with van der Waals surface area (Å²) in [7, 11) is 0. The van der Waals surface area contributed by atoms with Crippen molar-refractivity contribution < 1.29 is 44.1 Å². The summed E-state index contributed by atoms with van der Waals surface area (Å²) in [4.78, 5) is 72.4. The summed E-state index contributed by atoms with van der Waals surface area (Å²) in [6.45, 7) is 3.43. The molecule has 0 aliphatic carbocycles. The van der Waals surface area contributed by atoms with E-state index in [1.165, 1.54) is 0 Å². The topological polar surface area (TPSA) is 216 Å². The fourth-order valence-electron chi connectivity index (χ4n) is 3.24.